The van der Waals surface area contributed by atoms with E-state index in [1.54, 1.807) is 0 Å². The van der Waals surface area contributed by atoms with Gasteiger partial charge in [0.2, 0.25) is 0 Å². The van der Waals surface area contributed by atoms with Crippen molar-refractivity contribution < 1.29 is 8.94 Å². The second-order valence-electron chi connectivity index (χ2n) is 4.31. The lowest BCUT2D eigenvalue weighted by Gasteiger charge is -1.98. The Labute approximate surface area is 100.0 Å². The molecular weight excluding hydrogens is 218 g/mol. The van der Waals surface area contributed by atoms with Crippen LogP contribution >= 0.6 is 0 Å². The zero-order chi connectivity index (χ0) is 12.6. The van der Waals surface area contributed by atoms with Gasteiger partial charge in [-0.15, -0.1) is 0 Å². The van der Waals surface area contributed by atoms with Crippen LogP contribution in [-0.2, 0) is 0 Å². The van der Waals surface area contributed by atoms with Crippen LogP contribution in [0.4, 0.5) is 0 Å². The topological polar surface area (TPSA) is 78.1 Å². The maximum absolute atomic E-state index is 5.58. The predicted molar refractivity (Wildman–Crippen MR) is 63.7 cm³/mol. The van der Waals surface area contributed by atoms with E-state index in [4.69, 9.17) is 14.7 Å². The van der Waals surface area contributed by atoms with Crippen LogP contribution in [0.3, 0.4) is 0 Å². The van der Waals surface area contributed by atoms with E-state index in [1.165, 1.54) is 0 Å². The summed E-state index contributed by atoms with van der Waals surface area (Å²) in [4.78, 5) is 4.37. The van der Waals surface area contributed by atoms with Gasteiger partial charge in [-0.05, 0) is 20.8 Å². The fourth-order valence-electron chi connectivity index (χ4n) is 1.75. The summed E-state index contributed by atoms with van der Waals surface area (Å²) in [6.07, 6.45) is 0. The molecule has 92 valence electrons. The van der Waals surface area contributed by atoms with Gasteiger partial charge in [0, 0.05) is 18.0 Å². The van der Waals surface area contributed by atoms with E-state index < -0.39 is 0 Å². The molecule has 2 heterocycles. The third-order valence-corrected chi connectivity index (χ3v) is 3.01. The SMILES string of the molecule is Cc1oc(C)c(-c2nc(C(C)CN)no2)c1C. The maximum Gasteiger partial charge on any atom is 0.261 e. The van der Waals surface area contributed by atoms with E-state index in [9.17, 15) is 0 Å². The normalized spacial score (nSPS) is 13.0. The maximum atomic E-state index is 5.58. The molecule has 0 amide bonds. The van der Waals surface area contributed by atoms with Crippen LogP contribution in [0.2, 0.25) is 0 Å². The molecule has 0 saturated carbocycles. The molecule has 2 N–H and O–H groups in total. The van der Waals surface area contributed by atoms with Crippen molar-refractivity contribution in [2.24, 2.45) is 5.73 Å². The first-order chi connectivity index (χ1) is 8.04. The van der Waals surface area contributed by atoms with Crippen molar-refractivity contribution in [1.82, 2.24) is 10.1 Å². The number of hydrogen-bond donors (Lipinski definition) is 1. The molecule has 5 heteroatoms. The summed E-state index contributed by atoms with van der Waals surface area (Å²) in [5.74, 6) is 2.92. The quantitative estimate of drug-likeness (QED) is 0.883. The standard InChI is InChI=1S/C12H17N3O2/c1-6(5-13)11-14-12(17-15-11)10-7(2)8(3)16-9(10)4/h6H,5,13H2,1-4H3. The third-order valence-electron chi connectivity index (χ3n) is 3.01. The number of furan rings is 1. The minimum absolute atomic E-state index is 0.0983. The molecule has 0 aliphatic carbocycles. The Balaban J connectivity index is 2.43. The van der Waals surface area contributed by atoms with Gasteiger partial charge in [-0.2, -0.15) is 4.98 Å². The zero-order valence-electron chi connectivity index (χ0n) is 10.6. The van der Waals surface area contributed by atoms with Crippen molar-refractivity contribution in [2.75, 3.05) is 6.54 Å². The van der Waals surface area contributed by atoms with E-state index in [-0.39, 0.29) is 5.92 Å². The average molecular weight is 235 g/mol. The van der Waals surface area contributed by atoms with E-state index in [1.807, 2.05) is 27.7 Å². The molecule has 0 aliphatic rings. The van der Waals surface area contributed by atoms with Crippen molar-refractivity contribution in [3.05, 3.63) is 22.9 Å². The average Bonchev–Trinajstić information content (AvgIpc) is 2.85. The summed E-state index contributed by atoms with van der Waals surface area (Å²) in [5, 5.41) is 3.95. The van der Waals surface area contributed by atoms with Gasteiger partial charge >= 0.3 is 0 Å². The lowest BCUT2D eigenvalue weighted by Crippen LogP contribution is -2.10. The monoisotopic (exact) mass is 235 g/mol. The highest BCUT2D eigenvalue weighted by molar-refractivity contribution is 5.61. The molecule has 5 nitrogen and oxygen atoms in total. The molecule has 1 unspecified atom stereocenters. The van der Waals surface area contributed by atoms with Crippen molar-refractivity contribution in [3.63, 3.8) is 0 Å². The van der Waals surface area contributed by atoms with Gasteiger partial charge in [-0.25, -0.2) is 0 Å². The van der Waals surface area contributed by atoms with Gasteiger partial charge in [0.05, 0.1) is 5.56 Å². The predicted octanol–water partition coefficient (Wildman–Crippen LogP) is 2.32. The van der Waals surface area contributed by atoms with Crippen LogP contribution in [0.15, 0.2) is 8.94 Å². The van der Waals surface area contributed by atoms with Gasteiger partial charge in [0.15, 0.2) is 5.82 Å². The van der Waals surface area contributed by atoms with Crippen molar-refractivity contribution in [2.45, 2.75) is 33.6 Å². The summed E-state index contributed by atoms with van der Waals surface area (Å²) in [6, 6.07) is 0. The van der Waals surface area contributed by atoms with Crippen LogP contribution in [0.1, 0.15) is 35.7 Å². The summed E-state index contributed by atoms with van der Waals surface area (Å²) in [6.45, 7) is 8.27. The summed E-state index contributed by atoms with van der Waals surface area (Å²) in [7, 11) is 0. The molecule has 0 radical (unpaired) electrons. The Bertz CT molecular complexity index is 528. The van der Waals surface area contributed by atoms with Crippen molar-refractivity contribution in [3.8, 4) is 11.5 Å². The second-order valence-corrected chi connectivity index (χ2v) is 4.31. The molecule has 2 aromatic heterocycles. The molecule has 0 saturated heterocycles. The Morgan fingerprint density at radius 3 is 2.47 bits per heavy atom. The Morgan fingerprint density at radius 1 is 1.24 bits per heavy atom. The molecular formula is C12H17N3O2. The Hall–Kier alpha value is -1.62. The number of aryl methyl sites for hydroxylation is 2. The van der Waals surface area contributed by atoms with Crippen LogP contribution in [-0.4, -0.2) is 16.7 Å². The lowest BCUT2D eigenvalue weighted by molar-refractivity contribution is 0.416. The molecule has 0 aromatic carbocycles. The van der Waals surface area contributed by atoms with Gasteiger partial charge < -0.3 is 14.7 Å². The summed E-state index contributed by atoms with van der Waals surface area (Å²) < 4.78 is 10.8. The highest BCUT2D eigenvalue weighted by atomic mass is 16.5. The van der Waals surface area contributed by atoms with Gasteiger partial charge in [-0.3, -0.25) is 0 Å². The smallest absolute Gasteiger partial charge is 0.261 e. The Morgan fingerprint density at radius 2 is 1.94 bits per heavy atom. The van der Waals surface area contributed by atoms with Gasteiger partial charge in [0.25, 0.3) is 5.89 Å². The summed E-state index contributed by atoms with van der Waals surface area (Å²) >= 11 is 0. The first-order valence-corrected chi connectivity index (χ1v) is 5.65. The first-order valence-electron chi connectivity index (χ1n) is 5.65. The third kappa shape index (κ3) is 1.98. The van der Waals surface area contributed by atoms with E-state index in [2.05, 4.69) is 10.1 Å². The molecule has 1 atom stereocenters. The molecule has 0 aliphatic heterocycles. The molecule has 0 bridgehead atoms. The number of nitrogens with two attached hydrogens (primary N) is 1. The van der Waals surface area contributed by atoms with Crippen molar-refractivity contribution in [1.29, 1.82) is 0 Å². The zero-order valence-corrected chi connectivity index (χ0v) is 10.6. The van der Waals surface area contributed by atoms with Gasteiger partial charge in [0.1, 0.15) is 11.5 Å². The summed E-state index contributed by atoms with van der Waals surface area (Å²) in [5.41, 5.74) is 7.51. The van der Waals surface area contributed by atoms with Crippen LogP contribution in [0.25, 0.3) is 11.5 Å². The number of nitrogens with zero attached hydrogens (tertiary/aromatic N) is 2. The van der Waals surface area contributed by atoms with Crippen LogP contribution < -0.4 is 5.73 Å². The minimum Gasteiger partial charge on any atom is -0.466 e. The molecule has 2 rings (SSSR count). The number of aromatic nitrogens is 2. The second kappa shape index (κ2) is 4.33. The van der Waals surface area contributed by atoms with E-state index in [0.29, 0.717) is 18.3 Å². The molecule has 17 heavy (non-hydrogen) atoms. The fraction of sp³-hybridized carbons (Fsp3) is 0.500. The molecule has 2 aromatic rings. The Kier molecular flexibility index (Phi) is 3.02. The molecule has 0 fully saturated rings. The van der Waals surface area contributed by atoms with Crippen LogP contribution in [0, 0.1) is 20.8 Å². The first kappa shape index (κ1) is 11.9. The van der Waals surface area contributed by atoms with E-state index >= 15 is 0 Å². The number of hydrogen-bond acceptors (Lipinski definition) is 5. The van der Waals surface area contributed by atoms with Crippen molar-refractivity contribution >= 4 is 0 Å². The highest BCUT2D eigenvalue weighted by Gasteiger charge is 2.20. The lowest BCUT2D eigenvalue weighted by atomic mass is 10.1. The minimum atomic E-state index is 0.0983. The highest BCUT2D eigenvalue weighted by Crippen LogP contribution is 2.30. The largest absolute Gasteiger partial charge is 0.466 e. The van der Waals surface area contributed by atoms with E-state index in [0.717, 1.165) is 22.6 Å². The fourth-order valence-corrected chi connectivity index (χ4v) is 1.75. The molecule has 0 spiro atoms. The van der Waals surface area contributed by atoms with Gasteiger partial charge in [-0.1, -0.05) is 12.1 Å². The number of rotatable bonds is 3. The van der Waals surface area contributed by atoms with Crippen LogP contribution in [0.5, 0.6) is 0 Å².